The standard InChI is InChI=1S/C65H108N4O49/c1-15(77)66-29-19(81)5-65(64(100)101,118-52(29)33(83)20(82)6-70)103-14-28-37(87)43(93)47(97)60(111-28)113-50-25(11-75)109-58(32(41(50)91)69-18(4)80)116-55-45(95)36(86)23(9-73)107-63(55)115-53-38(88)27(13-102-62-54(44(94)35(85)22(8-72)106-62)117-59-46(96)42(92)34(84)21(7-71)105-59)110-61(48(53)98)114-51-26(12-76)108-57(31(40(51)90)68-17(3)79)112-49-24(10-74)104-56(99)30(39(49)89)67-16(2)78/h19-63,70-76,81-99H,5-14H2,1-4H3,(H,66,77)(H,67,78)(H,68,79)(H,69,80)(H,100,101)/t19-,20+,21+,22+,23+,24+,25+,26+,27+,28+,29+,30+,31+,32+,33+,34+,35+,36+,37-,38+,39+,40+,41+,42-,43-,44-,45-,46-,47+,48-,49+,50+,51+,52+,53-,54-,55-,56+,57-,58-,59+,60-,61-,62-,63+,65+/m0/s1. The molecule has 682 valence electrons. The molecular weight excluding hydrogens is 1620 g/mol. The van der Waals surface area contributed by atoms with Gasteiger partial charge < -0.3 is 240 Å². The van der Waals surface area contributed by atoms with Crippen molar-refractivity contribution < 1.29 is 242 Å². The van der Waals surface area contributed by atoms with Crippen LogP contribution in [0.4, 0.5) is 0 Å². The van der Waals surface area contributed by atoms with Crippen LogP contribution in [0.1, 0.15) is 34.1 Å². The first-order valence-corrected chi connectivity index (χ1v) is 37.3. The molecule has 0 unspecified atom stereocenters. The first-order valence-electron chi connectivity index (χ1n) is 37.3. The molecule has 53 nitrogen and oxygen atoms in total. The van der Waals surface area contributed by atoms with Crippen molar-refractivity contribution in [3.8, 4) is 0 Å². The maximum atomic E-state index is 13.1. The van der Waals surface area contributed by atoms with E-state index in [2.05, 4.69) is 21.3 Å². The van der Waals surface area contributed by atoms with Crippen LogP contribution in [-0.2, 0) is 104 Å². The minimum absolute atomic E-state index is 0.795. The van der Waals surface area contributed by atoms with Crippen molar-refractivity contribution in [3.63, 3.8) is 0 Å². The second-order valence-electron chi connectivity index (χ2n) is 29.6. The summed E-state index contributed by atoms with van der Waals surface area (Å²) >= 11 is 0. The quantitative estimate of drug-likeness (QED) is 0.0297. The Morgan fingerprint density at radius 1 is 0.347 bits per heavy atom. The number of aliphatic carboxylic acids is 1. The molecule has 31 N–H and O–H groups in total. The second kappa shape index (κ2) is 42.1. The topological polar surface area (TPSA) is 837 Å². The fraction of sp³-hybridized carbons (Fsp3) is 0.923. The lowest BCUT2D eigenvalue weighted by molar-refractivity contribution is -0.399. The van der Waals surface area contributed by atoms with E-state index in [-0.39, 0.29) is 0 Å². The summed E-state index contributed by atoms with van der Waals surface area (Å²) in [5.41, 5.74) is 0. The maximum absolute atomic E-state index is 13.1. The first-order chi connectivity index (χ1) is 55.6. The van der Waals surface area contributed by atoms with Gasteiger partial charge in [-0.2, -0.15) is 0 Å². The smallest absolute Gasteiger partial charge is 0.364 e. The zero-order valence-electron chi connectivity index (χ0n) is 63.1. The fourth-order valence-electron chi connectivity index (χ4n) is 15.0. The summed E-state index contributed by atoms with van der Waals surface area (Å²) in [4.78, 5) is 63.4. The molecule has 0 aromatic carbocycles. The van der Waals surface area contributed by atoms with E-state index in [1.54, 1.807) is 0 Å². The van der Waals surface area contributed by atoms with Crippen LogP contribution < -0.4 is 21.3 Å². The van der Waals surface area contributed by atoms with Gasteiger partial charge in [0, 0.05) is 34.1 Å². The van der Waals surface area contributed by atoms with E-state index in [4.69, 9.17) is 80.5 Å². The predicted molar refractivity (Wildman–Crippen MR) is 361 cm³/mol. The van der Waals surface area contributed by atoms with Crippen molar-refractivity contribution in [1.29, 1.82) is 0 Å². The van der Waals surface area contributed by atoms with Gasteiger partial charge >= 0.3 is 5.97 Å². The summed E-state index contributed by atoms with van der Waals surface area (Å²) in [6.07, 6.45) is -89.6. The second-order valence-corrected chi connectivity index (χ2v) is 29.6. The molecule has 46 atom stereocenters. The molecule has 9 rings (SSSR count). The van der Waals surface area contributed by atoms with Gasteiger partial charge in [-0.25, -0.2) is 4.79 Å². The van der Waals surface area contributed by atoms with Crippen LogP contribution in [-0.4, -0.2) is 509 Å². The van der Waals surface area contributed by atoms with Crippen molar-refractivity contribution in [2.24, 2.45) is 0 Å². The van der Waals surface area contributed by atoms with Gasteiger partial charge in [0.2, 0.25) is 23.6 Å². The number of hydrogen-bond donors (Lipinski definition) is 31. The fourth-order valence-corrected chi connectivity index (χ4v) is 15.0. The monoisotopic (exact) mass is 1730 g/mol. The highest BCUT2D eigenvalue weighted by Gasteiger charge is 2.62. The van der Waals surface area contributed by atoms with Gasteiger partial charge in [0.1, 0.15) is 213 Å². The van der Waals surface area contributed by atoms with Crippen LogP contribution in [0.15, 0.2) is 0 Å². The molecule has 9 saturated heterocycles. The minimum Gasteiger partial charge on any atom is -0.477 e. The summed E-state index contributed by atoms with van der Waals surface area (Å²) in [5.74, 6) is -8.76. The third-order valence-electron chi connectivity index (χ3n) is 21.3. The van der Waals surface area contributed by atoms with Gasteiger partial charge in [0.05, 0.1) is 71.6 Å². The Morgan fingerprint density at radius 3 is 1.14 bits per heavy atom. The van der Waals surface area contributed by atoms with Crippen LogP contribution in [0.3, 0.4) is 0 Å². The molecule has 4 amide bonds. The molecule has 9 heterocycles. The lowest BCUT2D eigenvalue weighted by Gasteiger charge is -2.51. The SMILES string of the molecule is CC(=O)N[C@@H]1[C@@H](O)[C@H](O[C@@H]2O[C@H](CO)[C@@H](O[C@@H]3O[C@H](CO[C@H]4O[C@H](CO)[C@@H](O)[C@H](O)[C@@H]4O[C@H]4O[C@H](CO)[C@@H](O)[C@H](O)[C@@H]4O)[C@@H](O)[C@H](O[C@H]4O[C@H](CO)[C@@H](O)[C@H](O)[C@@H]4O[C@@H]4O[C@H](CO)[C@@H](O[C@@H]5O[C@H](CO[C@]6(C(=O)O)C[C@H](O)[C@@H](NC(C)=O)[C@H]([C@H](O)[C@H](O)CO)O6)[C@H](O)[C@H](O)[C@H]5O)[C@H](O)[C@H]4NC(C)=O)[C@@H]3O)[C@H](O)[C@H]2NC(C)=O)[C@@H](CO)O[C@H]1O. The number of rotatable bonds is 32. The van der Waals surface area contributed by atoms with Crippen molar-refractivity contribution >= 4 is 29.6 Å². The van der Waals surface area contributed by atoms with Crippen LogP contribution in [0.25, 0.3) is 0 Å². The summed E-state index contributed by atoms with van der Waals surface area (Å²) in [7, 11) is 0. The lowest BCUT2D eigenvalue weighted by atomic mass is 9.88. The number of amides is 4. The Labute approximate surface area is 666 Å². The Bertz CT molecular complexity index is 3210. The van der Waals surface area contributed by atoms with Crippen LogP contribution in [0.5, 0.6) is 0 Å². The third-order valence-corrected chi connectivity index (χ3v) is 21.3. The molecule has 0 aliphatic carbocycles. The van der Waals surface area contributed by atoms with E-state index in [9.17, 15) is 162 Å². The maximum Gasteiger partial charge on any atom is 0.364 e. The number of nitrogens with one attached hydrogen (secondary N) is 4. The van der Waals surface area contributed by atoms with Gasteiger partial charge in [-0.3, -0.25) is 19.2 Å². The third kappa shape index (κ3) is 21.4. The molecule has 0 saturated carbocycles. The molecule has 0 spiro atoms. The zero-order valence-corrected chi connectivity index (χ0v) is 63.1. The largest absolute Gasteiger partial charge is 0.477 e. The molecule has 0 bridgehead atoms. The van der Waals surface area contributed by atoms with E-state index in [0.717, 1.165) is 27.7 Å². The number of ether oxygens (including phenoxy) is 17. The summed E-state index contributed by atoms with van der Waals surface area (Å²) < 4.78 is 99.8. The molecule has 9 fully saturated rings. The van der Waals surface area contributed by atoms with Crippen molar-refractivity contribution in [2.75, 3.05) is 59.5 Å². The average molecular weight is 1730 g/mol. The molecule has 53 heteroatoms. The van der Waals surface area contributed by atoms with E-state index < -0.39 is 377 Å². The number of hydrogen-bond acceptors (Lipinski definition) is 48. The van der Waals surface area contributed by atoms with Crippen LogP contribution in [0, 0.1) is 0 Å². The predicted octanol–water partition coefficient (Wildman–Crippen LogP) is -20.8. The number of carboxylic acid groups (broad SMARTS) is 1. The number of aliphatic hydroxyl groups is 26. The number of carboxylic acids is 1. The summed E-state index contributed by atoms with van der Waals surface area (Å²) in [6, 6.07) is -7.35. The normalized spacial score (nSPS) is 47.6. The Balaban J connectivity index is 1.01. The first kappa shape index (κ1) is 97.4. The van der Waals surface area contributed by atoms with Crippen molar-refractivity contribution in [2.45, 2.75) is 316 Å². The van der Waals surface area contributed by atoms with E-state index in [1.807, 2.05) is 0 Å². The van der Waals surface area contributed by atoms with E-state index >= 15 is 0 Å². The average Bonchev–Trinajstić information content (AvgIpc) is 0.765. The Kier molecular flexibility index (Phi) is 34.7. The number of aliphatic hydroxyl groups excluding tert-OH is 26. The lowest BCUT2D eigenvalue weighted by Crippen LogP contribution is -2.71. The van der Waals surface area contributed by atoms with Crippen molar-refractivity contribution in [1.82, 2.24) is 21.3 Å². The molecule has 9 aliphatic rings. The zero-order chi connectivity index (χ0) is 87.3. The van der Waals surface area contributed by atoms with Crippen molar-refractivity contribution in [3.05, 3.63) is 0 Å². The van der Waals surface area contributed by atoms with Gasteiger partial charge in [0.15, 0.2) is 50.3 Å². The van der Waals surface area contributed by atoms with Gasteiger partial charge in [-0.1, -0.05) is 0 Å². The Hall–Kier alpha value is -4.37. The van der Waals surface area contributed by atoms with Gasteiger partial charge in [-0.15, -0.1) is 0 Å². The highest BCUT2D eigenvalue weighted by molar-refractivity contribution is 5.77. The molecule has 0 aromatic heterocycles. The summed E-state index contributed by atoms with van der Waals surface area (Å²) in [6.45, 7) is -6.57. The Morgan fingerprint density at radius 2 is 0.686 bits per heavy atom. The van der Waals surface area contributed by atoms with E-state index in [0.29, 0.717) is 0 Å². The highest BCUT2D eigenvalue weighted by atomic mass is 16.8. The molecule has 0 aromatic rings. The molecule has 118 heavy (non-hydrogen) atoms. The molecular formula is C65H108N4O49. The van der Waals surface area contributed by atoms with Gasteiger partial charge in [-0.05, 0) is 0 Å². The molecule has 9 aliphatic heterocycles. The van der Waals surface area contributed by atoms with Crippen LogP contribution in [0.2, 0.25) is 0 Å². The molecule has 0 radical (unpaired) electrons. The highest BCUT2D eigenvalue weighted by Crippen LogP contribution is 2.41. The van der Waals surface area contributed by atoms with Gasteiger partial charge in [0.25, 0.3) is 5.79 Å². The van der Waals surface area contributed by atoms with E-state index in [1.165, 1.54) is 0 Å². The van der Waals surface area contributed by atoms with Crippen LogP contribution >= 0.6 is 0 Å². The number of carbonyl (C=O) groups excluding carboxylic acids is 4. The number of carbonyl (C=O) groups is 5. The minimum atomic E-state index is -3.09. The summed E-state index contributed by atoms with van der Waals surface area (Å²) in [5, 5.41) is 308.